The normalized spacial score (nSPS) is 12.3. The molecule has 0 spiro atoms. The lowest BCUT2D eigenvalue weighted by Gasteiger charge is -2.25. The van der Waals surface area contributed by atoms with Crippen molar-refractivity contribution in [1.82, 2.24) is 10.2 Å². The standard InChI is InChI=1S/C16H23FN2O4/c1-16(2,3)23-15(21)18-13(14(20)19(4)5)10-7-11(17)9-12(8-10)22-6/h7-9,13H,1-6H3,(H,18,21)/t13-/m1/s1. The summed E-state index contributed by atoms with van der Waals surface area (Å²) in [6.07, 6.45) is -0.763. The van der Waals surface area contributed by atoms with Crippen LogP contribution in [0.1, 0.15) is 32.4 Å². The van der Waals surface area contributed by atoms with Gasteiger partial charge in [-0.2, -0.15) is 0 Å². The van der Waals surface area contributed by atoms with Gasteiger partial charge in [0, 0.05) is 20.2 Å². The highest BCUT2D eigenvalue weighted by Gasteiger charge is 2.27. The van der Waals surface area contributed by atoms with Crippen LogP contribution in [0.3, 0.4) is 0 Å². The first kappa shape index (κ1) is 18.7. The molecule has 2 amide bonds. The van der Waals surface area contributed by atoms with Crippen molar-refractivity contribution >= 4 is 12.0 Å². The van der Waals surface area contributed by atoms with E-state index in [1.807, 2.05) is 0 Å². The predicted molar refractivity (Wildman–Crippen MR) is 83.8 cm³/mol. The van der Waals surface area contributed by atoms with E-state index < -0.39 is 29.5 Å². The zero-order valence-corrected chi connectivity index (χ0v) is 14.3. The van der Waals surface area contributed by atoms with Crippen molar-refractivity contribution in [2.75, 3.05) is 21.2 Å². The zero-order valence-electron chi connectivity index (χ0n) is 14.3. The van der Waals surface area contributed by atoms with Gasteiger partial charge >= 0.3 is 6.09 Å². The number of hydrogen-bond acceptors (Lipinski definition) is 4. The Morgan fingerprint density at radius 3 is 2.30 bits per heavy atom. The van der Waals surface area contributed by atoms with Gasteiger partial charge in [0.25, 0.3) is 0 Å². The summed E-state index contributed by atoms with van der Waals surface area (Å²) in [4.78, 5) is 25.6. The van der Waals surface area contributed by atoms with E-state index in [0.29, 0.717) is 0 Å². The maximum atomic E-state index is 13.7. The first-order valence-electron chi connectivity index (χ1n) is 7.08. The van der Waals surface area contributed by atoms with Gasteiger partial charge in [0.1, 0.15) is 23.2 Å². The Balaban J connectivity index is 3.13. The molecule has 0 saturated heterocycles. The van der Waals surface area contributed by atoms with Crippen LogP contribution in [0.2, 0.25) is 0 Å². The van der Waals surface area contributed by atoms with Crippen LogP contribution >= 0.6 is 0 Å². The summed E-state index contributed by atoms with van der Waals surface area (Å²) in [5.41, 5.74) is -0.443. The second-order valence-corrected chi connectivity index (χ2v) is 6.24. The molecule has 0 heterocycles. The van der Waals surface area contributed by atoms with E-state index in [-0.39, 0.29) is 11.3 Å². The minimum absolute atomic E-state index is 0.252. The Morgan fingerprint density at radius 2 is 1.83 bits per heavy atom. The molecule has 1 rings (SSSR count). The molecular weight excluding hydrogens is 303 g/mol. The molecule has 0 radical (unpaired) electrons. The summed E-state index contributed by atoms with van der Waals surface area (Å²) in [5.74, 6) is -0.729. The lowest BCUT2D eigenvalue weighted by atomic mass is 10.1. The van der Waals surface area contributed by atoms with Gasteiger partial charge in [-0.15, -0.1) is 0 Å². The lowest BCUT2D eigenvalue weighted by molar-refractivity contribution is -0.131. The van der Waals surface area contributed by atoms with Gasteiger partial charge in [-0.1, -0.05) is 0 Å². The van der Waals surface area contributed by atoms with Crippen LogP contribution in [-0.4, -0.2) is 43.7 Å². The van der Waals surface area contributed by atoms with Crippen LogP contribution in [-0.2, 0) is 9.53 Å². The van der Waals surface area contributed by atoms with Crippen molar-refractivity contribution < 1.29 is 23.5 Å². The number of alkyl carbamates (subject to hydrolysis) is 1. The minimum Gasteiger partial charge on any atom is -0.497 e. The van der Waals surface area contributed by atoms with E-state index >= 15 is 0 Å². The number of methoxy groups -OCH3 is 1. The third-order valence-corrected chi connectivity index (χ3v) is 2.81. The second kappa shape index (κ2) is 7.30. The molecule has 1 N–H and O–H groups in total. The van der Waals surface area contributed by atoms with E-state index in [0.717, 1.165) is 0 Å². The van der Waals surface area contributed by atoms with Crippen molar-refractivity contribution in [3.63, 3.8) is 0 Å². The van der Waals surface area contributed by atoms with Gasteiger partial charge in [-0.25, -0.2) is 9.18 Å². The van der Waals surface area contributed by atoms with E-state index in [2.05, 4.69) is 5.32 Å². The molecule has 0 unspecified atom stereocenters. The van der Waals surface area contributed by atoms with Gasteiger partial charge in [0.15, 0.2) is 0 Å². The molecule has 0 aromatic heterocycles. The Hall–Kier alpha value is -2.31. The maximum Gasteiger partial charge on any atom is 0.408 e. The highest BCUT2D eigenvalue weighted by atomic mass is 19.1. The Labute approximate surface area is 135 Å². The summed E-state index contributed by atoms with van der Waals surface area (Å²) in [5, 5.41) is 2.47. The fourth-order valence-electron chi connectivity index (χ4n) is 1.84. The Morgan fingerprint density at radius 1 is 1.22 bits per heavy atom. The van der Waals surface area contributed by atoms with Gasteiger partial charge in [-0.3, -0.25) is 4.79 Å². The second-order valence-electron chi connectivity index (χ2n) is 6.24. The third kappa shape index (κ3) is 5.77. The molecule has 23 heavy (non-hydrogen) atoms. The number of halogens is 1. The van der Waals surface area contributed by atoms with Crippen LogP contribution < -0.4 is 10.1 Å². The number of nitrogens with zero attached hydrogens (tertiary/aromatic N) is 1. The fourth-order valence-corrected chi connectivity index (χ4v) is 1.84. The van der Waals surface area contributed by atoms with Crippen molar-refractivity contribution in [2.45, 2.75) is 32.4 Å². The molecular formula is C16H23FN2O4. The first-order chi connectivity index (χ1) is 10.5. The van der Waals surface area contributed by atoms with Crippen LogP contribution in [0.25, 0.3) is 0 Å². The number of ether oxygens (including phenoxy) is 2. The fraction of sp³-hybridized carbons (Fsp3) is 0.500. The molecule has 0 aliphatic rings. The number of carbonyl (C=O) groups excluding carboxylic acids is 2. The highest BCUT2D eigenvalue weighted by molar-refractivity contribution is 5.86. The average Bonchev–Trinajstić information content (AvgIpc) is 2.41. The number of carbonyl (C=O) groups is 2. The molecule has 0 bridgehead atoms. The molecule has 1 aromatic rings. The summed E-state index contributed by atoms with van der Waals surface area (Å²) in [7, 11) is 4.48. The van der Waals surface area contributed by atoms with Crippen molar-refractivity contribution in [1.29, 1.82) is 0 Å². The molecule has 7 heteroatoms. The third-order valence-electron chi connectivity index (χ3n) is 2.81. The maximum absolute atomic E-state index is 13.7. The van der Waals surface area contributed by atoms with Crippen molar-refractivity contribution in [2.24, 2.45) is 0 Å². The lowest BCUT2D eigenvalue weighted by Crippen LogP contribution is -2.42. The summed E-state index contributed by atoms with van der Waals surface area (Å²) in [6.45, 7) is 5.13. The number of amides is 2. The summed E-state index contributed by atoms with van der Waals surface area (Å²) >= 11 is 0. The van der Waals surface area contributed by atoms with Crippen LogP contribution in [0, 0.1) is 5.82 Å². The van der Waals surface area contributed by atoms with Gasteiger partial charge in [0.2, 0.25) is 5.91 Å². The number of benzene rings is 1. The smallest absolute Gasteiger partial charge is 0.408 e. The number of rotatable bonds is 4. The quantitative estimate of drug-likeness (QED) is 0.923. The van der Waals surface area contributed by atoms with E-state index in [1.54, 1.807) is 34.9 Å². The molecule has 0 fully saturated rings. The van der Waals surface area contributed by atoms with Gasteiger partial charge in [0.05, 0.1) is 7.11 Å². The van der Waals surface area contributed by atoms with Crippen LogP contribution in [0.4, 0.5) is 9.18 Å². The minimum atomic E-state index is -1.08. The molecule has 6 nitrogen and oxygen atoms in total. The predicted octanol–water partition coefficient (Wildman–Crippen LogP) is 2.49. The first-order valence-corrected chi connectivity index (χ1v) is 7.08. The molecule has 0 saturated carbocycles. The number of likely N-dealkylation sites (N-methyl/N-ethyl adjacent to an activating group) is 1. The topological polar surface area (TPSA) is 67.9 Å². The monoisotopic (exact) mass is 326 g/mol. The number of nitrogens with one attached hydrogen (secondary N) is 1. The van der Waals surface area contributed by atoms with E-state index in [4.69, 9.17) is 9.47 Å². The molecule has 1 atom stereocenters. The summed E-state index contributed by atoms with van der Waals surface area (Å²) in [6, 6.07) is 2.77. The van der Waals surface area contributed by atoms with Crippen molar-refractivity contribution in [3.8, 4) is 5.75 Å². The Bertz CT molecular complexity index is 582. The van der Waals surface area contributed by atoms with Crippen LogP contribution in [0.15, 0.2) is 18.2 Å². The average molecular weight is 326 g/mol. The molecule has 0 aliphatic heterocycles. The molecule has 128 valence electrons. The van der Waals surface area contributed by atoms with Gasteiger partial charge in [-0.05, 0) is 38.5 Å². The summed E-state index contributed by atoms with van der Waals surface area (Å²) < 4.78 is 23.9. The van der Waals surface area contributed by atoms with E-state index in [9.17, 15) is 14.0 Å². The van der Waals surface area contributed by atoms with Crippen molar-refractivity contribution in [3.05, 3.63) is 29.6 Å². The highest BCUT2D eigenvalue weighted by Crippen LogP contribution is 2.23. The van der Waals surface area contributed by atoms with Crippen LogP contribution in [0.5, 0.6) is 5.75 Å². The number of hydrogen-bond donors (Lipinski definition) is 1. The molecule has 1 aromatic carbocycles. The molecule has 0 aliphatic carbocycles. The SMILES string of the molecule is COc1cc(F)cc([C@@H](NC(=O)OC(C)(C)C)C(=O)N(C)C)c1. The largest absolute Gasteiger partial charge is 0.497 e. The zero-order chi connectivity index (χ0) is 17.8. The van der Waals surface area contributed by atoms with Gasteiger partial charge < -0.3 is 19.7 Å². The Kier molecular flexibility index (Phi) is 5.95. The van der Waals surface area contributed by atoms with E-state index in [1.165, 1.54) is 30.2 Å².